The fraction of sp³-hybridized carbons (Fsp3) is 0.927. The minimum Gasteiger partial charge on any atom is -0.456 e. The summed E-state index contributed by atoms with van der Waals surface area (Å²) in [5.41, 5.74) is -15.9. The van der Waals surface area contributed by atoms with Gasteiger partial charge in [0.25, 0.3) is 11.6 Å². The van der Waals surface area contributed by atoms with E-state index in [0.717, 1.165) is 13.8 Å². The Hall–Kier alpha value is -1.71. The largest absolute Gasteiger partial charge is 0.456 e. The van der Waals surface area contributed by atoms with Gasteiger partial charge in [0.1, 0.15) is 5.60 Å². The van der Waals surface area contributed by atoms with Crippen molar-refractivity contribution in [1.29, 1.82) is 0 Å². The van der Waals surface area contributed by atoms with E-state index in [4.69, 9.17) is 33.2 Å². The number of carbonyl (C=O) groups is 1. The predicted molar refractivity (Wildman–Crippen MR) is 194 cm³/mol. The van der Waals surface area contributed by atoms with Crippen LogP contribution in [0.5, 0.6) is 0 Å². The second-order valence-electron chi connectivity index (χ2n) is 21.6. The number of alkyl halides is 8. The predicted octanol–water partition coefficient (Wildman–Crippen LogP) is 7.56. The maximum Gasteiger partial charge on any atom is 0.443 e. The molecular formula is C41H60F8O11. The highest BCUT2D eigenvalue weighted by Crippen LogP contribution is 2.80. The summed E-state index contributed by atoms with van der Waals surface area (Å²) < 4.78 is 158. The number of halogens is 8. The Morgan fingerprint density at radius 1 is 0.583 bits per heavy atom. The normalized spacial score (nSPS) is 45.7. The van der Waals surface area contributed by atoms with Crippen LogP contribution in [0.3, 0.4) is 0 Å². The first-order valence-electron chi connectivity index (χ1n) is 20.1. The minimum atomic E-state index is -5.18. The van der Waals surface area contributed by atoms with Crippen molar-refractivity contribution in [3.05, 3.63) is 12.2 Å². The van der Waals surface area contributed by atoms with Gasteiger partial charge in [-0.25, -0.2) is 4.79 Å². The smallest absolute Gasteiger partial charge is 0.443 e. The molecule has 60 heavy (non-hydrogen) atoms. The zero-order chi connectivity index (χ0) is 45.9. The van der Waals surface area contributed by atoms with Gasteiger partial charge in [0, 0.05) is 34.7 Å². The standard InChI is InChI=1S/C41H60F8O11/c1-24(2)25(50)57-36-18-33(26(3,4)58-29(9)13-37(52,55-21-29)40(44,45)46)15-34(19-36,27(5,6)59-30(10)14-38(53,56-22-30)41(47,48)49)17-35(16-33,20-36)28(7,8)60-31(11)23-54-32(12,51)39(31,42)43/h51-53H,1,13-23H2,2-12H3. The van der Waals surface area contributed by atoms with E-state index in [1.807, 2.05) is 0 Å². The molecule has 19 heteroatoms. The van der Waals surface area contributed by atoms with Gasteiger partial charge in [0.05, 0.1) is 47.8 Å². The van der Waals surface area contributed by atoms with Gasteiger partial charge in [-0.2, -0.15) is 35.1 Å². The first kappa shape index (κ1) is 47.8. The molecule has 3 heterocycles. The molecule has 0 spiro atoms. The maximum atomic E-state index is 16.1. The van der Waals surface area contributed by atoms with E-state index in [-0.39, 0.29) is 44.1 Å². The van der Waals surface area contributed by atoms with Crippen LogP contribution in [0.1, 0.15) is 128 Å². The molecule has 3 N–H and O–H groups in total. The number of ether oxygens (including phenoxy) is 7. The molecule has 3 aliphatic heterocycles. The van der Waals surface area contributed by atoms with Crippen LogP contribution in [0, 0.1) is 16.2 Å². The molecule has 8 unspecified atom stereocenters. The molecule has 0 aromatic heterocycles. The molecule has 11 nitrogen and oxygen atoms in total. The SMILES string of the molecule is C=C(C)C(=O)OC12CC3(C(C)(C)OC4(C)COC(O)(C(F)(F)F)C4)CC(C(C)(C)OC4(C)COC(O)(C(F)(F)F)C4)(C1)CC(C(C)(C)OC1(C)COC(C)(O)C1(F)F)(C2)C3. The number of carbonyl (C=O) groups excluding carboxylic acids is 1. The molecule has 0 aromatic carbocycles. The molecule has 0 amide bonds. The number of esters is 1. The van der Waals surface area contributed by atoms with Crippen molar-refractivity contribution in [3.8, 4) is 0 Å². The van der Waals surface area contributed by atoms with Gasteiger partial charge < -0.3 is 48.5 Å². The zero-order valence-corrected chi connectivity index (χ0v) is 36.1. The van der Waals surface area contributed by atoms with Crippen molar-refractivity contribution >= 4 is 5.97 Å². The molecule has 4 saturated carbocycles. The third kappa shape index (κ3) is 6.96. The van der Waals surface area contributed by atoms with E-state index >= 15 is 8.78 Å². The van der Waals surface area contributed by atoms with Crippen LogP contribution in [-0.2, 0) is 38.0 Å². The minimum absolute atomic E-state index is 0.00297. The highest BCUT2D eigenvalue weighted by molar-refractivity contribution is 5.87. The summed E-state index contributed by atoms with van der Waals surface area (Å²) in [6.07, 6.45) is -12.0. The van der Waals surface area contributed by atoms with Gasteiger partial charge in [0.15, 0.2) is 5.60 Å². The van der Waals surface area contributed by atoms with Gasteiger partial charge in [-0.05, 0) is 115 Å². The number of hydrogen-bond acceptors (Lipinski definition) is 11. The number of rotatable bonds is 11. The maximum absolute atomic E-state index is 16.1. The summed E-state index contributed by atoms with van der Waals surface area (Å²) in [5.74, 6) is -14.8. The van der Waals surface area contributed by atoms with Crippen LogP contribution in [0.4, 0.5) is 35.1 Å². The Morgan fingerprint density at radius 3 is 1.22 bits per heavy atom. The molecule has 4 bridgehead atoms. The summed E-state index contributed by atoms with van der Waals surface area (Å²) in [6, 6.07) is 0. The average Bonchev–Trinajstić information content (AvgIpc) is 3.57. The summed E-state index contributed by atoms with van der Waals surface area (Å²) in [6.45, 7) is 17.5. The van der Waals surface area contributed by atoms with E-state index in [0.29, 0.717) is 0 Å². The molecule has 7 aliphatic rings. The Morgan fingerprint density at radius 2 is 0.933 bits per heavy atom. The van der Waals surface area contributed by atoms with Gasteiger partial charge in [-0.1, -0.05) is 6.58 Å². The van der Waals surface area contributed by atoms with Gasteiger partial charge in [0.2, 0.25) is 5.79 Å². The van der Waals surface area contributed by atoms with Crippen LogP contribution < -0.4 is 0 Å². The lowest BCUT2D eigenvalue weighted by Gasteiger charge is -2.77. The molecule has 8 atom stereocenters. The Labute approximate surface area is 344 Å². The summed E-state index contributed by atoms with van der Waals surface area (Å²) in [5, 5.41) is 31.7. The van der Waals surface area contributed by atoms with Gasteiger partial charge >= 0.3 is 24.2 Å². The third-order valence-corrected chi connectivity index (χ3v) is 15.2. The van der Waals surface area contributed by atoms with Crippen molar-refractivity contribution in [3.63, 3.8) is 0 Å². The Kier molecular flexibility index (Phi) is 10.3. The molecule has 0 radical (unpaired) electrons. The second-order valence-corrected chi connectivity index (χ2v) is 21.6. The fourth-order valence-electron chi connectivity index (χ4n) is 12.3. The van der Waals surface area contributed by atoms with Crippen molar-refractivity contribution < 1.29 is 88.4 Å². The average molecular weight is 881 g/mol. The van der Waals surface area contributed by atoms with E-state index in [9.17, 15) is 46.5 Å². The highest BCUT2D eigenvalue weighted by Gasteiger charge is 2.80. The molecule has 346 valence electrons. The topological polar surface area (TPSA) is 142 Å². The van der Waals surface area contributed by atoms with Crippen molar-refractivity contribution in [1.82, 2.24) is 0 Å². The van der Waals surface area contributed by atoms with E-state index in [1.54, 1.807) is 41.5 Å². The van der Waals surface area contributed by atoms with Crippen molar-refractivity contribution in [2.45, 2.75) is 202 Å². The second kappa shape index (κ2) is 13.0. The Balaban J connectivity index is 1.53. The molecule has 7 fully saturated rings. The lowest BCUT2D eigenvalue weighted by Crippen LogP contribution is -2.77. The van der Waals surface area contributed by atoms with E-state index < -0.39 is 130 Å². The first-order valence-corrected chi connectivity index (χ1v) is 20.1. The summed E-state index contributed by atoms with van der Waals surface area (Å²) >= 11 is 0. The fourth-order valence-corrected chi connectivity index (χ4v) is 12.3. The molecule has 3 saturated heterocycles. The van der Waals surface area contributed by atoms with E-state index in [1.165, 1.54) is 20.8 Å². The number of aliphatic hydroxyl groups is 3. The monoisotopic (exact) mass is 880 g/mol. The van der Waals surface area contributed by atoms with Crippen LogP contribution >= 0.6 is 0 Å². The van der Waals surface area contributed by atoms with Crippen LogP contribution in [0.25, 0.3) is 0 Å². The van der Waals surface area contributed by atoms with Crippen LogP contribution in [0.15, 0.2) is 12.2 Å². The van der Waals surface area contributed by atoms with Crippen LogP contribution in [-0.4, -0.2) is 116 Å². The Bertz CT molecular complexity index is 1700. The molecule has 4 aliphatic carbocycles. The third-order valence-electron chi connectivity index (χ3n) is 15.2. The highest BCUT2D eigenvalue weighted by atomic mass is 19.4. The molecule has 0 aromatic rings. The van der Waals surface area contributed by atoms with E-state index in [2.05, 4.69) is 6.58 Å². The molecule has 7 rings (SSSR count). The van der Waals surface area contributed by atoms with Crippen molar-refractivity contribution in [2.24, 2.45) is 16.2 Å². The van der Waals surface area contributed by atoms with Gasteiger partial charge in [-0.15, -0.1) is 0 Å². The quantitative estimate of drug-likeness (QED) is 0.108. The number of hydrogen-bond donors (Lipinski definition) is 3. The first-order chi connectivity index (χ1) is 26.5. The van der Waals surface area contributed by atoms with Gasteiger partial charge in [-0.3, -0.25) is 0 Å². The summed E-state index contributed by atoms with van der Waals surface area (Å²) in [7, 11) is 0. The lowest BCUT2D eigenvalue weighted by atomic mass is 9.31. The molecular weight excluding hydrogens is 820 g/mol. The summed E-state index contributed by atoms with van der Waals surface area (Å²) in [4.78, 5) is 13.7. The van der Waals surface area contributed by atoms with Crippen molar-refractivity contribution in [2.75, 3.05) is 19.8 Å². The van der Waals surface area contributed by atoms with Crippen LogP contribution in [0.2, 0.25) is 0 Å². The lowest BCUT2D eigenvalue weighted by molar-refractivity contribution is -0.371. The zero-order valence-electron chi connectivity index (χ0n) is 36.1.